The zero-order valence-corrected chi connectivity index (χ0v) is 22.5. The number of aliphatic carboxylic acids is 1. The molecule has 0 spiro atoms. The van der Waals surface area contributed by atoms with E-state index < -0.39 is 89.5 Å². The summed E-state index contributed by atoms with van der Waals surface area (Å²) in [4.78, 5) is 48.7. The first-order chi connectivity index (χ1) is 18.1. The number of ketones is 2. The number of rotatable bonds is 7. The Kier molecular flexibility index (Phi) is 6.49. The molecule has 0 aromatic carbocycles. The number of Topliss-reactive ketones (excluding diaryl/α,β-unsaturated/α-hetero) is 1. The van der Waals surface area contributed by atoms with Crippen LogP contribution in [0.2, 0.25) is 0 Å². The van der Waals surface area contributed by atoms with Gasteiger partial charge in [0.2, 0.25) is 5.78 Å². The highest BCUT2D eigenvalue weighted by atomic mass is 19.1. The van der Waals surface area contributed by atoms with E-state index in [9.17, 15) is 24.3 Å². The lowest BCUT2D eigenvalue weighted by Gasteiger charge is -2.62. The Morgan fingerprint density at radius 2 is 1.85 bits per heavy atom. The number of hydrogen-bond donors (Lipinski definition) is 2. The summed E-state index contributed by atoms with van der Waals surface area (Å²) in [5, 5.41) is 20.2. The highest BCUT2D eigenvalue weighted by Crippen LogP contribution is 2.72. The summed E-state index contributed by atoms with van der Waals surface area (Å²) in [5.41, 5.74) is -5.26. The van der Waals surface area contributed by atoms with Crippen LogP contribution < -0.4 is 0 Å². The van der Waals surface area contributed by atoms with Crippen LogP contribution in [0.3, 0.4) is 0 Å². The van der Waals surface area contributed by atoms with Crippen molar-refractivity contribution in [2.75, 3.05) is 19.8 Å². The zero-order valence-electron chi connectivity index (χ0n) is 22.5. The number of carboxylic acids is 1. The van der Waals surface area contributed by atoms with E-state index in [4.69, 9.17) is 24.1 Å². The maximum atomic E-state index is 17.4. The average Bonchev–Trinajstić information content (AvgIpc) is 3.24. The first-order valence-corrected chi connectivity index (χ1v) is 13.3. The van der Waals surface area contributed by atoms with Crippen molar-refractivity contribution in [1.82, 2.24) is 0 Å². The summed E-state index contributed by atoms with van der Waals surface area (Å²) in [5.74, 6) is -5.15. The van der Waals surface area contributed by atoms with Crippen molar-refractivity contribution in [1.29, 1.82) is 0 Å². The number of ether oxygens (including phenoxy) is 4. The Morgan fingerprint density at radius 3 is 2.54 bits per heavy atom. The van der Waals surface area contributed by atoms with E-state index in [1.54, 1.807) is 26.8 Å². The molecule has 0 aromatic rings. The number of aliphatic hydroxyl groups excluding tert-OH is 1. The number of hydrogen-bond acceptors (Lipinski definition) is 9. The largest absolute Gasteiger partial charge is 0.480 e. The number of carboxylic acid groups (broad SMARTS) is 1. The first-order valence-electron chi connectivity index (χ1n) is 13.3. The standard InChI is InChI=1S/C28H35FO10/c1-24(2)38-21-10-18-17-6-5-15-9-16(30)7-8-25(15,3)27(17,29)19(31)11-26(18,4)28(21,39-24)20(32)12-37-23(35)14-36-13-22(33)34/h7-9,17-19,21,31H,5-6,10-14H2,1-4H3,(H,33,34)/t17?,18?,19-,21+,25?,26?,27-,28+/m0/s1. The van der Waals surface area contributed by atoms with Crippen molar-refractivity contribution in [2.45, 2.75) is 82.6 Å². The molecular formula is C28H35FO10. The van der Waals surface area contributed by atoms with Gasteiger partial charge in [0.1, 0.15) is 13.2 Å². The number of alkyl halides is 1. The van der Waals surface area contributed by atoms with Gasteiger partial charge in [0.15, 0.2) is 29.4 Å². The second kappa shape index (κ2) is 9.02. The number of aliphatic hydroxyl groups is 1. The van der Waals surface area contributed by atoms with E-state index in [-0.39, 0.29) is 12.2 Å². The molecule has 1 aliphatic heterocycles. The number of esters is 1. The molecule has 3 saturated carbocycles. The fourth-order valence-corrected chi connectivity index (χ4v) is 8.33. The van der Waals surface area contributed by atoms with Crippen molar-refractivity contribution < 1.29 is 52.7 Å². The lowest BCUT2D eigenvalue weighted by Crippen LogP contribution is -2.70. The van der Waals surface area contributed by atoms with Crippen LogP contribution in [0.25, 0.3) is 0 Å². The average molecular weight is 551 g/mol. The second-order valence-electron chi connectivity index (χ2n) is 12.3. The molecule has 10 nitrogen and oxygen atoms in total. The molecule has 0 bridgehead atoms. The molecule has 4 fully saturated rings. The van der Waals surface area contributed by atoms with Gasteiger partial charge in [-0.2, -0.15) is 0 Å². The third kappa shape index (κ3) is 3.88. The Bertz CT molecular complexity index is 1180. The molecule has 4 aliphatic carbocycles. The van der Waals surface area contributed by atoms with Gasteiger partial charge in [-0.25, -0.2) is 14.0 Å². The third-order valence-electron chi connectivity index (χ3n) is 9.86. The van der Waals surface area contributed by atoms with Crippen LogP contribution in [-0.4, -0.2) is 82.8 Å². The van der Waals surface area contributed by atoms with Crippen LogP contribution in [0, 0.1) is 22.7 Å². The Hall–Kier alpha value is -2.47. The molecule has 4 unspecified atom stereocenters. The van der Waals surface area contributed by atoms with E-state index in [1.165, 1.54) is 12.2 Å². The SMILES string of the molecule is CC1(C)O[C@@H]2CC3C4CCC5=CC(=O)C=CC5(C)[C@@]4(F)[C@@H](O)CC3(C)[C@]2(C(=O)COC(=O)COCC(=O)O)O1. The Morgan fingerprint density at radius 1 is 1.13 bits per heavy atom. The molecule has 1 heterocycles. The van der Waals surface area contributed by atoms with Gasteiger partial charge in [-0.1, -0.05) is 18.6 Å². The predicted octanol–water partition coefficient (Wildman–Crippen LogP) is 2.07. The summed E-state index contributed by atoms with van der Waals surface area (Å²) in [6.07, 6.45) is 3.22. The van der Waals surface area contributed by atoms with Crippen LogP contribution in [0.1, 0.15) is 53.4 Å². The fraction of sp³-hybridized carbons (Fsp3) is 0.714. The maximum Gasteiger partial charge on any atom is 0.332 e. The highest BCUT2D eigenvalue weighted by Gasteiger charge is 2.80. The van der Waals surface area contributed by atoms with E-state index in [0.717, 1.165) is 0 Å². The van der Waals surface area contributed by atoms with Gasteiger partial charge in [-0.15, -0.1) is 0 Å². The first kappa shape index (κ1) is 28.1. The summed E-state index contributed by atoms with van der Waals surface area (Å²) in [7, 11) is 0. The van der Waals surface area contributed by atoms with E-state index in [2.05, 4.69) is 0 Å². The van der Waals surface area contributed by atoms with Crippen LogP contribution in [0.15, 0.2) is 23.8 Å². The van der Waals surface area contributed by atoms with E-state index >= 15 is 4.39 Å². The number of fused-ring (bicyclic) bond motifs is 7. The van der Waals surface area contributed by atoms with Gasteiger partial charge in [-0.05, 0) is 64.5 Å². The predicted molar refractivity (Wildman–Crippen MR) is 131 cm³/mol. The lowest BCUT2D eigenvalue weighted by atomic mass is 9.44. The van der Waals surface area contributed by atoms with Crippen LogP contribution in [0.4, 0.5) is 4.39 Å². The molecule has 0 radical (unpaired) electrons. The molecule has 39 heavy (non-hydrogen) atoms. The topological polar surface area (TPSA) is 146 Å². The molecule has 0 amide bonds. The van der Waals surface area contributed by atoms with Gasteiger partial charge in [-0.3, -0.25) is 9.59 Å². The molecule has 0 aromatic heterocycles. The van der Waals surface area contributed by atoms with Gasteiger partial charge < -0.3 is 29.2 Å². The number of halogens is 1. The van der Waals surface area contributed by atoms with Gasteiger partial charge in [0.05, 0.1) is 12.2 Å². The summed E-state index contributed by atoms with van der Waals surface area (Å²) < 4.78 is 39.8. The molecule has 2 N–H and O–H groups in total. The van der Waals surface area contributed by atoms with Crippen LogP contribution in [-0.2, 0) is 38.1 Å². The van der Waals surface area contributed by atoms with Crippen molar-refractivity contribution in [2.24, 2.45) is 22.7 Å². The minimum absolute atomic E-state index is 0.104. The molecule has 8 atom stereocenters. The minimum Gasteiger partial charge on any atom is -0.480 e. The van der Waals surface area contributed by atoms with Crippen molar-refractivity contribution in [3.8, 4) is 0 Å². The third-order valence-corrected chi connectivity index (χ3v) is 9.86. The summed E-state index contributed by atoms with van der Waals surface area (Å²) in [6.45, 7) is 4.87. The van der Waals surface area contributed by atoms with Crippen molar-refractivity contribution in [3.05, 3.63) is 23.8 Å². The number of allylic oxidation sites excluding steroid dienone is 4. The smallest absolute Gasteiger partial charge is 0.332 e. The molecule has 5 aliphatic rings. The van der Waals surface area contributed by atoms with Gasteiger partial charge in [0, 0.05) is 16.7 Å². The Labute approximate surface area is 225 Å². The maximum absolute atomic E-state index is 17.4. The van der Waals surface area contributed by atoms with Crippen molar-refractivity contribution in [3.63, 3.8) is 0 Å². The lowest BCUT2D eigenvalue weighted by molar-refractivity contribution is -0.246. The minimum atomic E-state index is -2.08. The molecular weight excluding hydrogens is 515 g/mol. The number of carbonyl (C=O) groups excluding carboxylic acids is 3. The molecule has 214 valence electrons. The zero-order chi connectivity index (χ0) is 28.6. The van der Waals surface area contributed by atoms with Gasteiger partial charge >= 0.3 is 11.9 Å². The van der Waals surface area contributed by atoms with Crippen LogP contribution in [0.5, 0.6) is 0 Å². The monoisotopic (exact) mass is 550 g/mol. The second-order valence-corrected chi connectivity index (χ2v) is 12.3. The normalized spacial score (nSPS) is 43.5. The fourth-order valence-electron chi connectivity index (χ4n) is 8.33. The number of carbonyl (C=O) groups is 4. The van der Waals surface area contributed by atoms with E-state index in [1.807, 2.05) is 6.92 Å². The summed E-state index contributed by atoms with van der Waals surface area (Å²) in [6, 6.07) is 0. The molecule has 11 heteroatoms. The van der Waals surface area contributed by atoms with E-state index in [0.29, 0.717) is 24.8 Å². The van der Waals surface area contributed by atoms with Crippen molar-refractivity contribution >= 4 is 23.5 Å². The molecule has 1 saturated heterocycles. The van der Waals surface area contributed by atoms with Crippen LogP contribution >= 0.6 is 0 Å². The molecule has 5 rings (SSSR count). The summed E-state index contributed by atoms with van der Waals surface area (Å²) >= 11 is 0. The van der Waals surface area contributed by atoms with Gasteiger partial charge in [0.25, 0.3) is 0 Å². The highest BCUT2D eigenvalue weighted by molar-refractivity contribution is 6.01. The Balaban J connectivity index is 1.46. The quantitative estimate of drug-likeness (QED) is 0.452.